The second kappa shape index (κ2) is 3.89. The van der Waals surface area contributed by atoms with Crippen LogP contribution in [0.1, 0.15) is 25.5 Å². The lowest BCUT2D eigenvalue weighted by Crippen LogP contribution is -1.94. The van der Waals surface area contributed by atoms with Gasteiger partial charge in [0.05, 0.1) is 0 Å². The van der Waals surface area contributed by atoms with Crippen LogP contribution in [-0.2, 0) is 0 Å². The number of nitrogens with zero attached hydrogens (tertiary/aromatic N) is 1. The van der Waals surface area contributed by atoms with Gasteiger partial charge in [0.15, 0.2) is 0 Å². The first kappa shape index (κ1) is 10.5. The third-order valence-corrected chi connectivity index (χ3v) is 2.41. The molecule has 0 aliphatic rings. The number of nitrogen functional groups attached to an aromatic ring is 2. The number of nitrogens with two attached hydrogens (primary N) is 2. The molecule has 0 unspecified atom stereocenters. The number of oxazole rings is 1. The fourth-order valence-electron chi connectivity index (χ4n) is 1.65. The lowest BCUT2D eigenvalue weighted by Gasteiger charge is -2.05. The normalized spacial score (nSPS) is 10.9. The van der Waals surface area contributed by atoms with Gasteiger partial charge in [-0.2, -0.15) is 4.98 Å². The Hall–Kier alpha value is -1.97. The van der Waals surface area contributed by atoms with Gasteiger partial charge in [0.2, 0.25) is 0 Å². The number of rotatable bonds is 2. The van der Waals surface area contributed by atoms with Gasteiger partial charge in [-0.25, -0.2) is 0 Å². The van der Waals surface area contributed by atoms with Gasteiger partial charge in [-0.1, -0.05) is 32.0 Å². The highest BCUT2D eigenvalue weighted by atomic mass is 16.4. The SMILES string of the molecule is CC(C)c1oc(N)nc1-c1ccccc1N. The monoisotopic (exact) mass is 217 g/mol. The van der Waals surface area contributed by atoms with E-state index >= 15 is 0 Å². The molecule has 0 bridgehead atoms. The molecule has 0 aliphatic carbocycles. The van der Waals surface area contributed by atoms with Crippen LogP contribution in [0.25, 0.3) is 11.3 Å². The summed E-state index contributed by atoms with van der Waals surface area (Å²) in [6.45, 7) is 4.06. The van der Waals surface area contributed by atoms with E-state index in [2.05, 4.69) is 4.98 Å². The Labute approximate surface area is 94.3 Å². The maximum atomic E-state index is 5.91. The van der Waals surface area contributed by atoms with Gasteiger partial charge < -0.3 is 15.9 Å². The van der Waals surface area contributed by atoms with E-state index < -0.39 is 0 Å². The maximum Gasteiger partial charge on any atom is 0.292 e. The topological polar surface area (TPSA) is 78.1 Å². The second-order valence-electron chi connectivity index (χ2n) is 4.01. The predicted octanol–water partition coefficient (Wildman–Crippen LogP) is 2.63. The summed E-state index contributed by atoms with van der Waals surface area (Å²) in [5, 5.41) is 0. The molecule has 0 saturated carbocycles. The van der Waals surface area contributed by atoms with Gasteiger partial charge in [0, 0.05) is 17.2 Å². The summed E-state index contributed by atoms with van der Waals surface area (Å²) in [7, 11) is 0. The van der Waals surface area contributed by atoms with Gasteiger partial charge in [-0.15, -0.1) is 0 Å². The van der Waals surface area contributed by atoms with Crippen LogP contribution in [0.5, 0.6) is 0 Å². The molecule has 0 saturated heterocycles. The molecule has 16 heavy (non-hydrogen) atoms. The van der Waals surface area contributed by atoms with E-state index in [1.807, 2.05) is 38.1 Å². The summed E-state index contributed by atoms with van der Waals surface area (Å²) < 4.78 is 5.40. The van der Waals surface area contributed by atoms with E-state index in [1.165, 1.54) is 0 Å². The number of benzene rings is 1. The summed E-state index contributed by atoms with van der Waals surface area (Å²) in [5.74, 6) is 0.995. The van der Waals surface area contributed by atoms with E-state index in [4.69, 9.17) is 15.9 Å². The number of hydrogen-bond acceptors (Lipinski definition) is 4. The van der Waals surface area contributed by atoms with Gasteiger partial charge in [-0.05, 0) is 6.07 Å². The number of hydrogen-bond donors (Lipinski definition) is 2. The highest BCUT2D eigenvalue weighted by Crippen LogP contribution is 2.33. The summed E-state index contributed by atoms with van der Waals surface area (Å²) in [6, 6.07) is 7.74. The zero-order valence-electron chi connectivity index (χ0n) is 9.40. The number of para-hydroxylation sites is 1. The highest BCUT2D eigenvalue weighted by molar-refractivity contribution is 5.75. The third-order valence-electron chi connectivity index (χ3n) is 2.41. The van der Waals surface area contributed by atoms with Crippen LogP contribution < -0.4 is 11.5 Å². The van der Waals surface area contributed by atoms with E-state index in [0.29, 0.717) is 5.69 Å². The van der Waals surface area contributed by atoms with Crippen LogP contribution >= 0.6 is 0 Å². The van der Waals surface area contributed by atoms with E-state index in [-0.39, 0.29) is 11.9 Å². The van der Waals surface area contributed by atoms with Crippen molar-refractivity contribution in [2.45, 2.75) is 19.8 Å². The van der Waals surface area contributed by atoms with Gasteiger partial charge in [-0.3, -0.25) is 0 Å². The lowest BCUT2D eigenvalue weighted by atomic mass is 10.0. The fourth-order valence-corrected chi connectivity index (χ4v) is 1.65. The summed E-state index contributed by atoms with van der Waals surface area (Å²) in [6.07, 6.45) is 0. The van der Waals surface area contributed by atoms with Gasteiger partial charge in [0.25, 0.3) is 6.01 Å². The van der Waals surface area contributed by atoms with Gasteiger partial charge in [0.1, 0.15) is 11.5 Å². The first-order valence-electron chi connectivity index (χ1n) is 5.20. The van der Waals surface area contributed by atoms with Gasteiger partial charge >= 0.3 is 0 Å². The molecule has 0 aliphatic heterocycles. The minimum absolute atomic E-state index is 0.182. The standard InChI is InChI=1S/C12H15N3O/c1-7(2)11-10(15-12(14)16-11)8-5-3-4-6-9(8)13/h3-7H,13H2,1-2H3,(H2,14,15). The molecule has 2 aromatic rings. The number of anilines is 2. The molecule has 4 heteroatoms. The summed E-state index contributed by atoms with van der Waals surface area (Å²) in [5.41, 5.74) is 13.8. The smallest absolute Gasteiger partial charge is 0.292 e. The molecule has 2 rings (SSSR count). The summed E-state index contributed by atoms with van der Waals surface area (Å²) in [4.78, 5) is 4.19. The molecule has 4 nitrogen and oxygen atoms in total. The molecule has 1 aromatic carbocycles. The Kier molecular flexibility index (Phi) is 2.56. The van der Waals surface area contributed by atoms with E-state index in [0.717, 1.165) is 17.0 Å². The predicted molar refractivity (Wildman–Crippen MR) is 64.9 cm³/mol. The highest BCUT2D eigenvalue weighted by Gasteiger charge is 2.17. The van der Waals surface area contributed by atoms with Crippen molar-refractivity contribution in [3.63, 3.8) is 0 Å². The van der Waals surface area contributed by atoms with E-state index in [9.17, 15) is 0 Å². The fraction of sp³-hybridized carbons (Fsp3) is 0.250. The van der Waals surface area contributed by atoms with Crippen molar-refractivity contribution in [1.82, 2.24) is 4.98 Å². The Balaban J connectivity index is 2.60. The Morgan fingerprint density at radius 3 is 2.50 bits per heavy atom. The molecular formula is C12H15N3O. The zero-order chi connectivity index (χ0) is 11.7. The summed E-state index contributed by atoms with van der Waals surface area (Å²) >= 11 is 0. The van der Waals surface area contributed by atoms with Crippen molar-refractivity contribution in [3.8, 4) is 11.3 Å². The molecule has 0 radical (unpaired) electrons. The quantitative estimate of drug-likeness (QED) is 0.758. The number of aromatic nitrogens is 1. The molecule has 4 N–H and O–H groups in total. The van der Waals surface area contributed by atoms with Crippen molar-refractivity contribution >= 4 is 11.7 Å². The lowest BCUT2D eigenvalue weighted by molar-refractivity contribution is 0.500. The van der Waals surface area contributed by atoms with Crippen molar-refractivity contribution < 1.29 is 4.42 Å². The Morgan fingerprint density at radius 2 is 1.88 bits per heavy atom. The maximum absolute atomic E-state index is 5.91. The molecule has 0 spiro atoms. The van der Waals surface area contributed by atoms with Crippen LogP contribution in [0.2, 0.25) is 0 Å². The van der Waals surface area contributed by atoms with Crippen LogP contribution in [0, 0.1) is 0 Å². The largest absolute Gasteiger partial charge is 0.428 e. The molecule has 0 amide bonds. The van der Waals surface area contributed by atoms with Crippen LogP contribution in [-0.4, -0.2) is 4.98 Å². The molecule has 1 heterocycles. The van der Waals surface area contributed by atoms with E-state index in [1.54, 1.807) is 0 Å². The van der Waals surface area contributed by atoms with Crippen molar-refractivity contribution in [1.29, 1.82) is 0 Å². The average Bonchev–Trinajstić information content (AvgIpc) is 2.61. The van der Waals surface area contributed by atoms with Crippen LogP contribution in [0.4, 0.5) is 11.7 Å². The molecule has 84 valence electrons. The minimum Gasteiger partial charge on any atom is -0.428 e. The average molecular weight is 217 g/mol. The molecule has 1 aromatic heterocycles. The third kappa shape index (κ3) is 1.74. The first-order valence-corrected chi connectivity index (χ1v) is 5.20. The van der Waals surface area contributed by atoms with Crippen LogP contribution in [0.15, 0.2) is 28.7 Å². The molecule has 0 atom stereocenters. The Morgan fingerprint density at radius 1 is 1.19 bits per heavy atom. The van der Waals surface area contributed by atoms with Crippen molar-refractivity contribution in [3.05, 3.63) is 30.0 Å². The first-order chi connectivity index (χ1) is 7.59. The minimum atomic E-state index is 0.182. The molecule has 0 fully saturated rings. The van der Waals surface area contributed by atoms with Crippen molar-refractivity contribution in [2.75, 3.05) is 11.5 Å². The zero-order valence-corrected chi connectivity index (χ0v) is 9.40. The second-order valence-corrected chi connectivity index (χ2v) is 4.01. The Bertz CT molecular complexity index is 503. The molecular weight excluding hydrogens is 202 g/mol. The van der Waals surface area contributed by atoms with Crippen molar-refractivity contribution in [2.24, 2.45) is 0 Å². The van der Waals surface area contributed by atoms with Crippen LogP contribution in [0.3, 0.4) is 0 Å².